The zero-order chi connectivity index (χ0) is 15.1. The van der Waals surface area contributed by atoms with Gasteiger partial charge in [-0.2, -0.15) is 4.58 Å². The molecule has 0 fully saturated rings. The molecule has 0 aromatic heterocycles. The first kappa shape index (κ1) is 15.3. The van der Waals surface area contributed by atoms with Gasteiger partial charge < -0.3 is 0 Å². The molecule has 20 heavy (non-hydrogen) atoms. The second-order valence-corrected chi connectivity index (χ2v) is 7.84. The van der Waals surface area contributed by atoms with Gasteiger partial charge in [-0.15, -0.1) is 0 Å². The quantitative estimate of drug-likeness (QED) is 0.657. The summed E-state index contributed by atoms with van der Waals surface area (Å²) in [7, 11) is 0. The molecule has 0 atom stereocenters. The van der Waals surface area contributed by atoms with E-state index in [-0.39, 0.29) is 11.0 Å². The third kappa shape index (κ3) is 2.68. The normalized spacial score (nSPS) is 20.3. The maximum absolute atomic E-state index is 2.56. The lowest BCUT2D eigenvalue weighted by Crippen LogP contribution is -2.30. The van der Waals surface area contributed by atoms with Crippen molar-refractivity contribution in [3.63, 3.8) is 0 Å². The molecule has 1 aromatic carbocycles. The van der Waals surface area contributed by atoms with E-state index in [1.165, 1.54) is 23.2 Å². The van der Waals surface area contributed by atoms with E-state index in [2.05, 4.69) is 77.5 Å². The van der Waals surface area contributed by atoms with Gasteiger partial charge in [0.1, 0.15) is 0 Å². The van der Waals surface area contributed by atoms with Crippen molar-refractivity contribution >= 4 is 11.9 Å². The standard InChI is InChI=1S/C19H30N/c1-8-15-10-9-11-16(14(2)3)17(15)20-13-18(4,5)12-19(20,6)7/h9-11,13-14H,8,12H2,1-7H3/q+1. The van der Waals surface area contributed by atoms with Crippen LogP contribution in [0.5, 0.6) is 0 Å². The molecule has 0 saturated heterocycles. The fraction of sp³-hybridized carbons (Fsp3) is 0.632. The van der Waals surface area contributed by atoms with E-state index in [1.54, 1.807) is 0 Å². The predicted molar refractivity (Wildman–Crippen MR) is 88.4 cm³/mol. The monoisotopic (exact) mass is 272 g/mol. The first-order chi connectivity index (χ1) is 9.18. The number of rotatable bonds is 3. The summed E-state index contributed by atoms with van der Waals surface area (Å²) in [5.74, 6) is 0.560. The minimum Gasteiger partial charge on any atom is -0.197 e. The van der Waals surface area contributed by atoms with Crippen molar-refractivity contribution < 1.29 is 4.58 Å². The highest BCUT2D eigenvalue weighted by Crippen LogP contribution is 2.42. The molecule has 0 spiro atoms. The van der Waals surface area contributed by atoms with E-state index in [9.17, 15) is 0 Å². The highest BCUT2D eigenvalue weighted by Gasteiger charge is 2.47. The summed E-state index contributed by atoms with van der Waals surface area (Å²) >= 11 is 0. The third-order valence-electron chi connectivity index (χ3n) is 4.41. The molecule has 110 valence electrons. The average molecular weight is 272 g/mol. The van der Waals surface area contributed by atoms with Gasteiger partial charge in [0, 0.05) is 36.8 Å². The maximum Gasteiger partial charge on any atom is 0.212 e. The number of aryl methyl sites for hydroxylation is 1. The molecular weight excluding hydrogens is 242 g/mol. The largest absolute Gasteiger partial charge is 0.212 e. The Kier molecular flexibility index (Phi) is 3.83. The second-order valence-electron chi connectivity index (χ2n) is 7.84. The Bertz CT molecular complexity index is 533. The minimum atomic E-state index is 0.193. The number of para-hydroxylation sites is 1. The first-order valence-corrected chi connectivity index (χ1v) is 7.95. The summed E-state index contributed by atoms with van der Waals surface area (Å²) in [5, 5.41) is 0. The third-order valence-corrected chi connectivity index (χ3v) is 4.41. The van der Waals surface area contributed by atoms with Crippen LogP contribution in [0.3, 0.4) is 0 Å². The highest BCUT2D eigenvalue weighted by atomic mass is 15.1. The van der Waals surface area contributed by atoms with Crippen LogP contribution in [0.15, 0.2) is 18.2 Å². The number of hydrogen-bond acceptors (Lipinski definition) is 0. The van der Waals surface area contributed by atoms with E-state index >= 15 is 0 Å². The van der Waals surface area contributed by atoms with Crippen molar-refractivity contribution in [2.24, 2.45) is 5.41 Å². The molecule has 1 heteroatoms. The molecule has 0 unspecified atom stereocenters. The Labute approximate surface area is 124 Å². The van der Waals surface area contributed by atoms with Gasteiger partial charge in [0.05, 0.1) is 0 Å². The Morgan fingerprint density at radius 3 is 2.25 bits per heavy atom. The molecule has 1 nitrogen and oxygen atoms in total. The van der Waals surface area contributed by atoms with Crippen LogP contribution >= 0.6 is 0 Å². The van der Waals surface area contributed by atoms with Gasteiger partial charge >= 0.3 is 0 Å². The van der Waals surface area contributed by atoms with Crippen molar-refractivity contribution in [1.82, 2.24) is 0 Å². The summed E-state index contributed by atoms with van der Waals surface area (Å²) in [6.45, 7) is 16.3. The molecule has 0 radical (unpaired) electrons. The molecule has 0 saturated carbocycles. The highest BCUT2D eigenvalue weighted by molar-refractivity contribution is 5.66. The summed E-state index contributed by atoms with van der Waals surface area (Å²) in [4.78, 5) is 0. The van der Waals surface area contributed by atoms with Crippen molar-refractivity contribution in [1.29, 1.82) is 0 Å². The van der Waals surface area contributed by atoms with Crippen LogP contribution in [-0.2, 0) is 6.42 Å². The number of hydrogen-bond donors (Lipinski definition) is 0. The zero-order valence-corrected chi connectivity index (χ0v) is 14.2. The topological polar surface area (TPSA) is 3.01 Å². The van der Waals surface area contributed by atoms with Crippen LogP contribution < -0.4 is 0 Å². The van der Waals surface area contributed by atoms with Crippen LogP contribution in [0.2, 0.25) is 0 Å². The van der Waals surface area contributed by atoms with Gasteiger partial charge in [-0.3, -0.25) is 0 Å². The first-order valence-electron chi connectivity index (χ1n) is 7.95. The maximum atomic E-state index is 2.56. The molecule has 0 N–H and O–H groups in total. The SMILES string of the molecule is CCc1cccc(C(C)C)c1[N+]1=CC(C)(C)CC1(C)C. The summed E-state index contributed by atoms with van der Waals surface area (Å²) < 4.78 is 2.56. The molecule has 0 bridgehead atoms. The fourth-order valence-corrected chi connectivity index (χ4v) is 3.79. The van der Waals surface area contributed by atoms with Gasteiger partial charge in [-0.25, -0.2) is 0 Å². The van der Waals surface area contributed by atoms with E-state index in [4.69, 9.17) is 0 Å². The van der Waals surface area contributed by atoms with Gasteiger partial charge in [0.2, 0.25) is 5.69 Å². The van der Waals surface area contributed by atoms with E-state index in [0.717, 1.165) is 6.42 Å². The van der Waals surface area contributed by atoms with Crippen molar-refractivity contribution in [3.05, 3.63) is 29.3 Å². The zero-order valence-electron chi connectivity index (χ0n) is 14.2. The van der Waals surface area contributed by atoms with Crippen LogP contribution in [0.1, 0.15) is 71.9 Å². The van der Waals surface area contributed by atoms with Crippen LogP contribution in [-0.4, -0.2) is 16.3 Å². The number of nitrogens with zero attached hydrogens (tertiary/aromatic N) is 1. The Morgan fingerprint density at radius 2 is 1.80 bits per heavy atom. The Morgan fingerprint density at radius 1 is 1.15 bits per heavy atom. The summed E-state index contributed by atoms with van der Waals surface area (Å²) in [6.07, 6.45) is 4.75. The molecule has 1 aliphatic heterocycles. The summed E-state index contributed by atoms with van der Waals surface area (Å²) in [6, 6.07) is 6.80. The lowest BCUT2D eigenvalue weighted by Gasteiger charge is -2.22. The fourth-order valence-electron chi connectivity index (χ4n) is 3.79. The van der Waals surface area contributed by atoms with Gasteiger partial charge in [-0.1, -0.05) is 52.8 Å². The number of benzene rings is 1. The molecule has 1 aliphatic rings. The molecule has 2 rings (SSSR count). The molecule has 1 aromatic rings. The van der Waals surface area contributed by atoms with Crippen molar-refractivity contribution in [2.45, 2.75) is 72.8 Å². The lowest BCUT2D eigenvalue weighted by atomic mass is 9.85. The Hall–Kier alpha value is -1.11. The van der Waals surface area contributed by atoms with E-state index in [0.29, 0.717) is 5.92 Å². The average Bonchev–Trinajstić information content (AvgIpc) is 2.55. The van der Waals surface area contributed by atoms with Gasteiger partial charge in [0.15, 0.2) is 11.8 Å². The van der Waals surface area contributed by atoms with E-state index < -0.39 is 0 Å². The predicted octanol–water partition coefficient (Wildman–Crippen LogP) is 5.30. The van der Waals surface area contributed by atoms with Gasteiger partial charge in [0.25, 0.3) is 0 Å². The lowest BCUT2D eigenvalue weighted by molar-refractivity contribution is -0.512. The summed E-state index contributed by atoms with van der Waals surface area (Å²) in [5.41, 5.74) is 4.88. The molecule has 1 heterocycles. The molecule has 0 amide bonds. The Balaban J connectivity index is 2.68. The molecule has 0 aliphatic carbocycles. The van der Waals surface area contributed by atoms with Gasteiger partial charge in [-0.05, 0) is 12.3 Å². The van der Waals surface area contributed by atoms with Crippen LogP contribution in [0.25, 0.3) is 0 Å². The van der Waals surface area contributed by atoms with E-state index in [1.807, 2.05) is 0 Å². The van der Waals surface area contributed by atoms with Crippen molar-refractivity contribution in [2.75, 3.05) is 0 Å². The van der Waals surface area contributed by atoms with Crippen LogP contribution in [0.4, 0.5) is 5.69 Å². The second kappa shape index (κ2) is 5.02. The molecular formula is C19H30N+. The van der Waals surface area contributed by atoms with Crippen LogP contribution in [0, 0.1) is 5.41 Å². The minimum absolute atomic E-state index is 0.193. The smallest absolute Gasteiger partial charge is 0.197 e. The van der Waals surface area contributed by atoms with Crippen molar-refractivity contribution in [3.8, 4) is 0 Å².